The van der Waals surface area contributed by atoms with Crippen molar-refractivity contribution < 1.29 is 4.79 Å². The van der Waals surface area contributed by atoms with Gasteiger partial charge in [-0.25, -0.2) is 0 Å². The molecule has 5 heteroatoms. The number of nitrogens with one attached hydrogen (secondary N) is 1. The minimum atomic E-state index is 0.0910. The number of rotatable bonds is 4. The van der Waals surface area contributed by atoms with E-state index in [1.807, 2.05) is 18.7 Å². The largest absolute Gasteiger partial charge is 0.357 e. The maximum Gasteiger partial charge on any atom is 0.225 e. The molecule has 5 nitrogen and oxygen atoms in total. The van der Waals surface area contributed by atoms with Gasteiger partial charge in [0.15, 0.2) is 5.96 Å². The number of guanidine groups is 1. The number of nitrogens with zero attached hydrogens (tertiary/aromatic N) is 3. The lowest BCUT2D eigenvalue weighted by atomic mass is 10.1. The molecule has 1 amide bonds. The van der Waals surface area contributed by atoms with Crippen LogP contribution in [0.15, 0.2) is 4.99 Å². The maximum absolute atomic E-state index is 12.0. The van der Waals surface area contributed by atoms with E-state index in [4.69, 9.17) is 4.99 Å². The van der Waals surface area contributed by atoms with Gasteiger partial charge in [0.1, 0.15) is 0 Å². The molecule has 2 fully saturated rings. The van der Waals surface area contributed by atoms with Gasteiger partial charge in [-0.3, -0.25) is 9.79 Å². The molecule has 120 valence electrons. The highest BCUT2D eigenvalue weighted by Gasteiger charge is 2.37. The van der Waals surface area contributed by atoms with Gasteiger partial charge in [-0.1, -0.05) is 20.8 Å². The summed E-state index contributed by atoms with van der Waals surface area (Å²) in [5, 5.41) is 3.39. The Bertz CT molecular complexity index is 393. The molecule has 21 heavy (non-hydrogen) atoms. The molecule has 1 N–H and O–H groups in total. The van der Waals surface area contributed by atoms with E-state index in [1.54, 1.807) is 0 Å². The summed E-state index contributed by atoms with van der Waals surface area (Å²) in [6, 6.07) is 0. The molecule has 0 aromatic rings. The second-order valence-electron chi connectivity index (χ2n) is 6.95. The molecule has 0 spiro atoms. The highest BCUT2D eigenvalue weighted by atomic mass is 16.2. The summed E-state index contributed by atoms with van der Waals surface area (Å²) < 4.78 is 0. The van der Waals surface area contributed by atoms with E-state index in [-0.39, 0.29) is 11.8 Å². The standard InChI is InChI=1S/C16H30N4O/c1-5-17-15(18-12-16(4)6-7-16)20-10-8-19(9-11-20)14(21)13(2)3/h13H,5-12H2,1-4H3,(H,17,18). The summed E-state index contributed by atoms with van der Waals surface area (Å²) in [5.41, 5.74) is 0.441. The first-order valence-electron chi connectivity index (χ1n) is 8.27. The number of piperazine rings is 1. The van der Waals surface area contributed by atoms with E-state index in [9.17, 15) is 4.79 Å². The third-order valence-corrected chi connectivity index (χ3v) is 4.43. The molecule has 0 aromatic heterocycles. The Hall–Kier alpha value is -1.26. The van der Waals surface area contributed by atoms with Gasteiger partial charge in [0, 0.05) is 45.2 Å². The summed E-state index contributed by atoms with van der Waals surface area (Å²) in [6.45, 7) is 13.5. The van der Waals surface area contributed by atoms with E-state index < -0.39 is 0 Å². The number of amides is 1. The number of carbonyl (C=O) groups is 1. The molecule has 1 saturated heterocycles. The number of hydrogen-bond acceptors (Lipinski definition) is 2. The lowest BCUT2D eigenvalue weighted by Gasteiger charge is -2.37. The Labute approximate surface area is 128 Å². The lowest BCUT2D eigenvalue weighted by Crippen LogP contribution is -2.54. The van der Waals surface area contributed by atoms with Gasteiger partial charge >= 0.3 is 0 Å². The number of aliphatic imine (C=N–C) groups is 1. The summed E-state index contributed by atoms with van der Waals surface area (Å²) in [4.78, 5) is 21.1. The molecule has 0 atom stereocenters. The molecule has 1 saturated carbocycles. The van der Waals surface area contributed by atoms with Crippen molar-refractivity contribution in [2.24, 2.45) is 16.3 Å². The summed E-state index contributed by atoms with van der Waals surface area (Å²) >= 11 is 0. The molecule has 2 aliphatic rings. The zero-order valence-corrected chi connectivity index (χ0v) is 14.0. The molecule has 0 bridgehead atoms. The first kappa shape index (κ1) is 16.1. The second kappa shape index (κ2) is 6.67. The quantitative estimate of drug-likeness (QED) is 0.632. The van der Waals surface area contributed by atoms with Crippen LogP contribution in [0.1, 0.15) is 40.5 Å². The SMILES string of the molecule is CCNC(=NCC1(C)CC1)N1CCN(C(=O)C(C)C)CC1. The van der Waals surface area contributed by atoms with Crippen molar-refractivity contribution in [3.05, 3.63) is 0 Å². The Balaban J connectivity index is 1.89. The van der Waals surface area contributed by atoms with Crippen LogP contribution in [0.4, 0.5) is 0 Å². The highest BCUT2D eigenvalue weighted by Crippen LogP contribution is 2.45. The van der Waals surface area contributed by atoms with Crippen LogP contribution in [0.3, 0.4) is 0 Å². The van der Waals surface area contributed by atoms with Crippen LogP contribution >= 0.6 is 0 Å². The number of hydrogen-bond donors (Lipinski definition) is 1. The van der Waals surface area contributed by atoms with Gasteiger partial charge in [-0.05, 0) is 25.2 Å². The van der Waals surface area contributed by atoms with Gasteiger partial charge in [0.05, 0.1) is 0 Å². The zero-order chi connectivity index (χ0) is 15.5. The van der Waals surface area contributed by atoms with Crippen LogP contribution in [0.5, 0.6) is 0 Å². The minimum Gasteiger partial charge on any atom is -0.357 e. The molecule has 0 aromatic carbocycles. The average Bonchev–Trinajstić information content (AvgIpc) is 3.21. The van der Waals surface area contributed by atoms with E-state index in [0.717, 1.165) is 45.2 Å². The summed E-state index contributed by atoms with van der Waals surface area (Å²) in [7, 11) is 0. The van der Waals surface area contributed by atoms with Crippen LogP contribution in [-0.2, 0) is 4.79 Å². The fourth-order valence-electron chi connectivity index (χ4n) is 2.57. The van der Waals surface area contributed by atoms with E-state index >= 15 is 0 Å². The highest BCUT2D eigenvalue weighted by molar-refractivity contribution is 5.81. The smallest absolute Gasteiger partial charge is 0.225 e. The van der Waals surface area contributed by atoms with Crippen LogP contribution in [-0.4, -0.2) is 60.9 Å². The molecule has 0 radical (unpaired) electrons. The van der Waals surface area contributed by atoms with Crippen molar-refractivity contribution in [1.29, 1.82) is 0 Å². The zero-order valence-electron chi connectivity index (χ0n) is 14.0. The summed E-state index contributed by atoms with van der Waals surface area (Å²) in [5.74, 6) is 1.37. The Morgan fingerprint density at radius 3 is 2.24 bits per heavy atom. The average molecular weight is 294 g/mol. The van der Waals surface area contributed by atoms with Crippen molar-refractivity contribution >= 4 is 11.9 Å². The monoisotopic (exact) mass is 294 g/mol. The van der Waals surface area contributed by atoms with Crippen LogP contribution in [0.2, 0.25) is 0 Å². The molecular formula is C16H30N4O. The minimum absolute atomic E-state index is 0.0910. The Kier molecular flexibility index (Phi) is 5.12. The Morgan fingerprint density at radius 1 is 1.19 bits per heavy atom. The molecule has 0 unspecified atom stereocenters. The van der Waals surface area contributed by atoms with Crippen molar-refractivity contribution in [3.8, 4) is 0 Å². The van der Waals surface area contributed by atoms with E-state index in [0.29, 0.717) is 5.41 Å². The molecular weight excluding hydrogens is 264 g/mol. The van der Waals surface area contributed by atoms with Crippen molar-refractivity contribution in [1.82, 2.24) is 15.1 Å². The fourth-order valence-corrected chi connectivity index (χ4v) is 2.57. The van der Waals surface area contributed by atoms with Crippen LogP contribution in [0, 0.1) is 11.3 Å². The number of carbonyl (C=O) groups excluding carboxylic acids is 1. The molecule has 2 rings (SSSR count). The van der Waals surface area contributed by atoms with E-state index in [2.05, 4.69) is 24.1 Å². The second-order valence-corrected chi connectivity index (χ2v) is 6.95. The van der Waals surface area contributed by atoms with Crippen molar-refractivity contribution in [3.63, 3.8) is 0 Å². The molecule has 1 aliphatic carbocycles. The van der Waals surface area contributed by atoms with E-state index in [1.165, 1.54) is 12.8 Å². The maximum atomic E-state index is 12.0. The normalized spacial score (nSPS) is 21.7. The topological polar surface area (TPSA) is 47.9 Å². The molecule has 1 aliphatic heterocycles. The predicted molar refractivity (Wildman–Crippen MR) is 86.3 cm³/mol. The van der Waals surface area contributed by atoms with Gasteiger partial charge in [0.2, 0.25) is 5.91 Å². The first-order chi connectivity index (χ1) is 9.95. The first-order valence-corrected chi connectivity index (χ1v) is 8.27. The lowest BCUT2D eigenvalue weighted by molar-refractivity contribution is -0.135. The van der Waals surface area contributed by atoms with Crippen molar-refractivity contribution in [2.75, 3.05) is 39.3 Å². The Morgan fingerprint density at radius 2 is 1.76 bits per heavy atom. The van der Waals surface area contributed by atoms with Crippen molar-refractivity contribution in [2.45, 2.75) is 40.5 Å². The predicted octanol–water partition coefficient (Wildman–Crippen LogP) is 1.55. The molecule has 1 heterocycles. The van der Waals surface area contributed by atoms with Gasteiger partial charge < -0.3 is 15.1 Å². The fraction of sp³-hybridized carbons (Fsp3) is 0.875. The van der Waals surface area contributed by atoms with Gasteiger partial charge in [0.25, 0.3) is 0 Å². The van der Waals surface area contributed by atoms with Crippen LogP contribution < -0.4 is 5.32 Å². The van der Waals surface area contributed by atoms with Gasteiger partial charge in [-0.2, -0.15) is 0 Å². The van der Waals surface area contributed by atoms with Crippen LogP contribution in [0.25, 0.3) is 0 Å². The van der Waals surface area contributed by atoms with Gasteiger partial charge in [-0.15, -0.1) is 0 Å². The third-order valence-electron chi connectivity index (χ3n) is 4.43. The summed E-state index contributed by atoms with van der Waals surface area (Å²) in [6.07, 6.45) is 2.60. The third kappa shape index (κ3) is 4.35.